The highest BCUT2D eigenvalue weighted by Gasteiger charge is 2.24. The molecule has 28 heavy (non-hydrogen) atoms. The first-order valence-electron chi connectivity index (χ1n) is 8.66. The van der Waals surface area contributed by atoms with Crippen LogP contribution in [0.3, 0.4) is 0 Å². The number of aromatic nitrogens is 1. The lowest BCUT2D eigenvalue weighted by Gasteiger charge is -2.11. The van der Waals surface area contributed by atoms with Gasteiger partial charge in [-0.15, -0.1) is 0 Å². The van der Waals surface area contributed by atoms with Crippen molar-refractivity contribution in [2.75, 3.05) is 5.32 Å². The third kappa shape index (κ3) is 4.60. The quantitative estimate of drug-likeness (QED) is 0.262. The number of nitrogens with zero attached hydrogens (tertiary/aromatic N) is 1. The Morgan fingerprint density at radius 1 is 1.07 bits per heavy atom. The van der Waals surface area contributed by atoms with Crippen molar-refractivity contribution in [1.82, 2.24) is 0 Å². The molecule has 0 radical (unpaired) electrons. The molecular weight excluding hydrogens is 375 g/mol. The third-order valence-corrected chi connectivity index (χ3v) is 4.46. The van der Waals surface area contributed by atoms with Gasteiger partial charge in [-0.1, -0.05) is 29.9 Å². The molecular formula is C22H20FN2O2S+. The minimum atomic E-state index is -0.395. The molecule has 0 aliphatic carbocycles. The number of aryl methyl sites for hydroxylation is 1. The number of pyridine rings is 1. The summed E-state index contributed by atoms with van der Waals surface area (Å²) in [5.41, 5.74) is 3.29. The van der Waals surface area contributed by atoms with Crippen LogP contribution in [0.25, 0.3) is 11.5 Å². The zero-order chi connectivity index (χ0) is 20.1. The van der Waals surface area contributed by atoms with E-state index in [1.54, 1.807) is 29.1 Å². The second kappa shape index (κ2) is 8.73. The fourth-order valence-electron chi connectivity index (χ4n) is 2.68. The first-order chi connectivity index (χ1) is 13.5. The molecule has 0 aliphatic heterocycles. The van der Waals surface area contributed by atoms with Crippen molar-refractivity contribution in [2.24, 2.45) is 0 Å². The minimum Gasteiger partial charge on any atom is -0.502 e. The van der Waals surface area contributed by atoms with E-state index in [0.717, 1.165) is 11.3 Å². The average Bonchev–Trinajstić information content (AvgIpc) is 2.70. The van der Waals surface area contributed by atoms with Crippen LogP contribution in [0.15, 0.2) is 73.1 Å². The Morgan fingerprint density at radius 3 is 2.39 bits per heavy atom. The number of rotatable bonds is 5. The van der Waals surface area contributed by atoms with Crippen molar-refractivity contribution in [3.05, 3.63) is 95.6 Å². The molecule has 2 aromatic carbocycles. The molecule has 6 heteroatoms. The van der Waals surface area contributed by atoms with E-state index in [9.17, 15) is 14.6 Å². The normalized spacial score (nSPS) is 11.7. The molecule has 0 amide bonds. The van der Waals surface area contributed by atoms with Gasteiger partial charge in [0.2, 0.25) is 0 Å². The van der Waals surface area contributed by atoms with E-state index in [1.807, 2.05) is 31.2 Å². The summed E-state index contributed by atoms with van der Waals surface area (Å²) < 4.78 is 14.9. The summed E-state index contributed by atoms with van der Waals surface area (Å²) in [6.07, 6.45) is 3.40. The molecule has 0 bridgehead atoms. The molecule has 3 aromatic rings. The largest absolute Gasteiger partial charge is 0.502 e. The van der Waals surface area contributed by atoms with Gasteiger partial charge in [0.05, 0.1) is 6.61 Å². The van der Waals surface area contributed by atoms with E-state index < -0.39 is 5.82 Å². The Labute approximate surface area is 168 Å². The third-order valence-electron chi connectivity index (χ3n) is 4.17. The topological polar surface area (TPSA) is 56.4 Å². The first kappa shape index (κ1) is 19.7. The lowest BCUT2D eigenvalue weighted by molar-refractivity contribution is -0.576. The van der Waals surface area contributed by atoms with E-state index in [4.69, 9.17) is 12.2 Å². The fraction of sp³-hybridized carbons (Fsp3) is 0.0909. The molecule has 0 aliphatic rings. The lowest BCUT2D eigenvalue weighted by Crippen LogP contribution is -2.39. The molecule has 3 N–H and O–H groups in total. The number of nitrogens with one attached hydrogen (secondary N) is 1. The second-order valence-corrected chi connectivity index (χ2v) is 6.71. The molecule has 0 fully saturated rings. The Balaban J connectivity index is 2.07. The number of anilines is 1. The van der Waals surface area contributed by atoms with Crippen molar-refractivity contribution in [1.29, 1.82) is 0 Å². The van der Waals surface area contributed by atoms with E-state index in [1.165, 1.54) is 24.3 Å². The number of aliphatic hydroxyl groups is 2. The van der Waals surface area contributed by atoms with Gasteiger partial charge in [0.1, 0.15) is 5.82 Å². The molecule has 0 unspecified atom stereocenters. The fourth-order valence-corrected chi connectivity index (χ4v) is 3.00. The predicted molar refractivity (Wildman–Crippen MR) is 112 cm³/mol. The molecule has 0 spiro atoms. The molecule has 0 saturated carbocycles. The smallest absolute Gasteiger partial charge is 0.288 e. The zero-order valence-electron chi connectivity index (χ0n) is 15.3. The Bertz CT molecular complexity index is 1020. The Kier molecular flexibility index (Phi) is 6.13. The van der Waals surface area contributed by atoms with Crippen LogP contribution in [0.4, 0.5) is 10.1 Å². The molecule has 142 valence electrons. The van der Waals surface area contributed by atoms with Crippen LogP contribution in [0.2, 0.25) is 0 Å². The van der Waals surface area contributed by atoms with Crippen LogP contribution in [0.1, 0.15) is 16.7 Å². The van der Waals surface area contributed by atoms with Gasteiger partial charge in [0.15, 0.2) is 23.1 Å². The van der Waals surface area contributed by atoms with Crippen LogP contribution < -0.4 is 9.88 Å². The maximum absolute atomic E-state index is 13.3. The number of aliphatic hydroxyl groups excluding tert-OH is 2. The van der Waals surface area contributed by atoms with Crippen LogP contribution in [-0.2, 0) is 6.61 Å². The summed E-state index contributed by atoms with van der Waals surface area (Å²) in [5.74, 6) is -0.502. The summed E-state index contributed by atoms with van der Waals surface area (Å²) in [6, 6.07) is 16.7. The highest BCUT2D eigenvalue weighted by Crippen LogP contribution is 2.20. The Morgan fingerprint density at radius 2 is 1.75 bits per heavy atom. The monoisotopic (exact) mass is 395 g/mol. The van der Waals surface area contributed by atoms with Gasteiger partial charge in [-0.2, -0.15) is 4.57 Å². The average molecular weight is 395 g/mol. The zero-order valence-corrected chi connectivity index (χ0v) is 16.1. The van der Waals surface area contributed by atoms with Crippen LogP contribution in [0.5, 0.6) is 0 Å². The summed E-state index contributed by atoms with van der Waals surface area (Å²) in [4.78, 5) is 0.283. The summed E-state index contributed by atoms with van der Waals surface area (Å²) in [7, 11) is 0. The lowest BCUT2D eigenvalue weighted by atomic mass is 10.1. The number of hydrogen-bond acceptors (Lipinski definition) is 3. The number of thiocarbonyl (C=S) groups is 1. The summed E-state index contributed by atoms with van der Waals surface area (Å²) in [5, 5.41) is 23.5. The molecule has 4 nitrogen and oxygen atoms in total. The highest BCUT2D eigenvalue weighted by atomic mass is 32.1. The highest BCUT2D eigenvalue weighted by molar-refractivity contribution is 7.81. The van der Waals surface area contributed by atoms with Crippen molar-refractivity contribution in [2.45, 2.75) is 13.5 Å². The van der Waals surface area contributed by atoms with E-state index in [-0.39, 0.29) is 17.4 Å². The van der Waals surface area contributed by atoms with E-state index in [2.05, 4.69) is 5.32 Å². The summed E-state index contributed by atoms with van der Waals surface area (Å²) in [6.45, 7) is 1.84. The summed E-state index contributed by atoms with van der Waals surface area (Å²) >= 11 is 5.57. The van der Waals surface area contributed by atoms with Crippen LogP contribution in [0, 0.1) is 12.7 Å². The van der Waals surface area contributed by atoms with Crippen LogP contribution in [-0.4, -0.2) is 15.2 Å². The van der Waals surface area contributed by atoms with Gasteiger partial charge in [-0.3, -0.25) is 0 Å². The van der Waals surface area contributed by atoms with Gasteiger partial charge in [-0.05, 0) is 49.4 Å². The predicted octanol–water partition coefficient (Wildman–Crippen LogP) is 4.24. The maximum atomic E-state index is 13.3. The molecule has 0 saturated heterocycles. The van der Waals surface area contributed by atoms with Crippen LogP contribution >= 0.6 is 12.2 Å². The van der Waals surface area contributed by atoms with Crippen molar-refractivity contribution in [3.63, 3.8) is 0 Å². The second-order valence-electron chi connectivity index (χ2n) is 6.30. The van der Waals surface area contributed by atoms with Gasteiger partial charge < -0.3 is 15.5 Å². The van der Waals surface area contributed by atoms with Gasteiger partial charge in [0.25, 0.3) is 5.70 Å². The number of halogens is 1. The SMILES string of the molecule is Cc1ccc(NC(=S)/C(=C(\O)c2ccc(F)cc2)[n+]2cccc(CO)c2)cc1. The standard InChI is InChI=1S/C22H19FN2O2S/c1-15-4-10-19(11-5-15)24-22(28)20(25-12-2-3-16(13-25)14-26)21(27)17-6-8-18(23)9-7-17/h2-13,26H,14H2,1H3,(H-,24,27,28)/p+1. The Hall–Kier alpha value is -3.09. The van der Waals surface area contributed by atoms with Crippen molar-refractivity contribution < 1.29 is 19.2 Å². The van der Waals surface area contributed by atoms with Crippen molar-refractivity contribution >= 4 is 34.3 Å². The minimum absolute atomic E-state index is 0.107. The number of hydrogen-bond donors (Lipinski definition) is 3. The first-order valence-corrected chi connectivity index (χ1v) is 9.07. The molecule has 1 heterocycles. The van der Waals surface area contributed by atoms with Gasteiger partial charge >= 0.3 is 0 Å². The van der Waals surface area contributed by atoms with E-state index in [0.29, 0.717) is 16.8 Å². The van der Waals surface area contributed by atoms with Gasteiger partial charge in [0, 0.05) is 22.9 Å². The number of benzene rings is 2. The maximum Gasteiger partial charge on any atom is 0.288 e. The molecule has 1 aromatic heterocycles. The van der Waals surface area contributed by atoms with Crippen molar-refractivity contribution in [3.8, 4) is 0 Å². The molecule has 0 atom stereocenters. The molecule has 3 rings (SSSR count). The van der Waals surface area contributed by atoms with Gasteiger partial charge in [-0.25, -0.2) is 4.39 Å². The van der Waals surface area contributed by atoms with E-state index >= 15 is 0 Å².